The first-order valence-electron chi connectivity index (χ1n) is 7.25. The van der Waals surface area contributed by atoms with Gasteiger partial charge >= 0.3 is 0 Å². The van der Waals surface area contributed by atoms with Crippen molar-refractivity contribution in [3.8, 4) is 0 Å². The summed E-state index contributed by atoms with van der Waals surface area (Å²) in [6, 6.07) is 15.7. The second kappa shape index (κ2) is 7.19. The van der Waals surface area contributed by atoms with Crippen LogP contribution in [0.15, 0.2) is 53.0 Å². The van der Waals surface area contributed by atoms with E-state index in [2.05, 4.69) is 40.3 Å². The topological polar surface area (TPSA) is 12.0 Å². The molecule has 0 aliphatic carbocycles. The molecule has 1 atom stereocenters. The lowest BCUT2D eigenvalue weighted by atomic mass is 9.73. The van der Waals surface area contributed by atoms with Crippen molar-refractivity contribution in [1.29, 1.82) is 0 Å². The van der Waals surface area contributed by atoms with Crippen molar-refractivity contribution in [1.82, 2.24) is 5.32 Å². The largest absolute Gasteiger partial charge is 0.319 e. The van der Waals surface area contributed by atoms with Gasteiger partial charge in [0, 0.05) is 16.4 Å². The molecule has 0 fully saturated rings. The molecular formula is C18H21BrFN. The van der Waals surface area contributed by atoms with E-state index in [0.29, 0.717) is 6.42 Å². The molecule has 2 rings (SSSR count). The third-order valence-electron chi connectivity index (χ3n) is 4.12. The van der Waals surface area contributed by atoms with Gasteiger partial charge in [-0.05, 0) is 43.1 Å². The van der Waals surface area contributed by atoms with Crippen LogP contribution in [0, 0.1) is 5.82 Å². The molecule has 112 valence electrons. The number of benzene rings is 2. The van der Waals surface area contributed by atoms with E-state index in [1.807, 2.05) is 37.4 Å². The SMILES string of the molecule is CCC(CNC)(Cc1ccc(Br)cc1F)c1ccccc1. The molecule has 0 spiro atoms. The number of likely N-dealkylation sites (N-methyl/N-ethyl adjacent to an activating group) is 1. The third kappa shape index (κ3) is 3.72. The molecule has 0 aliphatic rings. The van der Waals surface area contributed by atoms with Gasteiger partial charge in [-0.2, -0.15) is 0 Å². The quantitative estimate of drug-likeness (QED) is 0.796. The van der Waals surface area contributed by atoms with Crippen LogP contribution in [0.1, 0.15) is 24.5 Å². The van der Waals surface area contributed by atoms with Crippen molar-refractivity contribution in [2.75, 3.05) is 13.6 Å². The Morgan fingerprint density at radius 3 is 2.43 bits per heavy atom. The Hall–Kier alpha value is -1.19. The molecular weight excluding hydrogens is 329 g/mol. The average Bonchev–Trinajstić information content (AvgIpc) is 2.50. The van der Waals surface area contributed by atoms with Gasteiger partial charge in [-0.15, -0.1) is 0 Å². The molecule has 3 heteroatoms. The molecule has 21 heavy (non-hydrogen) atoms. The number of hydrogen-bond acceptors (Lipinski definition) is 1. The number of nitrogens with one attached hydrogen (secondary N) is 1. The summed E-state index contributed by atoms with van der Waals surface area (Å²) in [6.45, 7) is 2.99. The molecule has 0 saturated carbocycles. The van der Waals surface area contributed by atoms with Crippen LogP contribution in [-0.2, 0) is 11.8 Å². The lowest BCUT2D eigenvalue weighted by Crippen LogP contribution is -2.38. The summed E-state index contributed by atoms with van der Waals surface area (Å²) in [5.74, 6) is -0.144. The van der Waals surface area contributed by atoms with E-state index in [1.54, 1.807) is 6.07 Å². The van der Waals surface area contributed by atoms with Crippen LogP contribution in [0.5, 0.6) is 0 Å². The maximum absolute atomic E-state index is 14.2. The van der Waals surface area contributed by atoms with Crippen molar-refractivity contribution < 1.29 is 4.39 Å². The second-order valence-corrected chi connectivity index (χ2v) is 6.36. The highest BCUT2D eigenvalue weighted by atomic mass is 79.9. The van der Waals surface area contributed by atoms with E-state index in [4.69, 9.17) is 0 Å². The Bertz CT molecular complexity index is 585. The highest BCUT2D eigenvalue weighted by molar-refractivity contribution is 9.10. The molecule has 0 aromatic heterocycles. The lowest BCUT2D eigenvalue weighted by Gasteiger charge is -2.34. The van der Waals surface area contributed by atoms with E-state index >= 15 is 0 Å². The number of hydrogen-bond donors (Lipinski definition) is 1. The third-order valence-corrected chi connectivity index (χ3v) is 4.62. The van der Waals surface area contributed by atoms with Gasteiger partial charge in [0.1, 0.15) is 5.82 Å². The minimum absolute atomic E-state index is 0.0926. The van der Waals surface area contributed by atoms with Gasteiger partial charge in [-0.1, -0.05) is 59.3 Å². The van der Waals surface area contributed by atoms with Gasteiger partial charge < -0.3 is 5.32 Å². The Morgan fingerprint density at radius 1 is 1.14 bits per heavy atom. The minimum atomic E-state index is -0.144. The molecule has 1 unspecified atom stereocenters. The maximum atomic E-state index is 14.2. The van der Waals surface area contributed by atoms with Gasteiger partial charge in [0.25, 0.3) is 0 Å². The first-order chi connectivity index (χ1) is 10.1. The molecule has 0 amide bonds. The van der Waals surface area contributed by atoms with Crippen LogP contribution in [0.4, 0.5) is 4.39 Å². The highest BCUT2D eigenvalue weighted by Crippen LogP contribution is 2.32. The second-order valence-electron chi connectivity index (χ2n) is 5.44. The Labute approximate surface area is 134 Å². The molecule has 0 heterocycles. The van der Waals surface area contributed by atoms with Crippen LogP contribution in [-0.4, -0.2) is 13.6 Å². The smallest absolute Gasteiger partial charge is 0.127 e. The summed E-state index contributed by atoms with van der Waals surface area (Å²) in [5.41, 5.74) is 1.92. The van der Waals surface area contributed by atoms with Crippen molar-refractivity contribution in [2.45, 2.75) is 25.2 Å². The zero-order valence-electron chi connectivity index (χ0n) is 12.5. The molecule has 0 saturated heterocycles. The lowest BCUT2D eigenvalue weighted by molar-refractivity contribution is 0.384. The van der Waals surface area contributed by atoms with Crippen molar-refractivity contribution in [3.05, 3.63) is 69.9 Å². The van der Waals surface area contributed by atoms with Gasteiger partial charge in [0.15, 0.2) is 0 Å². The standard InChI is InChI=1S/C18H21BrFN/c1-3-18(13-21-2,15-7-5-4-6-8-15)12-14-9-10-16(19)11-17(14)20/h4-11,21H,3,12-13H2,1-2H3. The van der Waals surface area contributed by atoms with E-state index in [-0.39, 0.29) is 11.2 Å². The van der Waals surface area contributed by atoms with Crippen LogP contribution in [0.25, 0.3) is 0 Å². The van der Waals surface area contributed by atoms with E-state index in [9.17, 15) is 4.39 Å². The zero-order valence-corrected chi connectivity index (χ0v) is 14.1. The van der Waals surface area contributed by atoms with Crippen LogP contribution in [0.2, 0.25) is 0 Å². The predicted octanol–water partition coefficient (Wildman–Crippen LogP) is 4.70. The molecule has 0 radical (unpaired) electrons. The fourth-order valence-corrected chi connectivity index (χ4v) is 3.21. The van der Waals surface area contributed by atoms with E-state index in [1.165, 1.54) is 5.56 Å². The molecule has 1 N–H and O–H groups in total. The highest BCUT2D eigenvalue weighted by Gasteiger charge is 2.30. The summed E-state index contributed by atoms with van der Waals surface area (Å²) in [4.78, 5) is 0. The van der Waals surface area contributed by atoms with Crippen molar-refractivity contribution >= 4 is 15.9 Å². The fourth-order valence-electron chi connectivity index (χ4n) is 2.88. The summed E-state index contributed by atoms with van der Waals surface area (Å²) in [6.07, 6.45) is 1.64. The Morgan fingerprint density at radius 2 is 1.86 bits per heavy atom. The Kier molecular flexibility index (Phi) is 5.54. The van der Waals surface area contributed by atoms with Gasteiger partial charge in [-0.25, -0.2) is 4.39 Å². The molecule has 1 nitrogen and oxygen atoms in total. The van der Waals surface area contributed by atoms with Crippen molar-refractivity contribution in [2.24, 2.45) is 0 Å². The summed E-state index contributed by atoms with van der Waals surface area (Å²) in [7, 11) is 1.95. The molecule has 0 aliphatic heterocycles. The van der Waals surface area contributed by atoms with Crippen LogP contribution >= 0.6 is 15.9 Å². The zero-order chi connectivity index (χ0) is 15.3. The first-order valence-corrected chi connectivity index (χ1v) is 8.04. The molecule has 0 bridgehead atoms. The summed E-state index contributed by atoms with van der Waals surface area (Å²) < 4.78 is 15.0. The number of halogens is 2. The maximum Gasteiger partial charge on any atom is 0.127 e. The molecule has 2 aromatic rings. The normalized spacial score (nSPS) is 13.9. The first kappa shape index (κ1) is 16.2. The minimum Gasteiger partial charge on any atom is -0.319 e. The van der Waals surface area contributed by atoms with Crippen LogP contribution < -0.4 is 5.32 Å². The fraction of sp³-hybridized carbons (Fsp3) is 0.333. The number of rotatable bonds is 6. The van der Waals surface area contributed by atoms with Crippen molar-refractivity contribution in [3.63, 3.8) is 0 Å². The average molecular weight is 350 g/mol. The predicted molar refractivity (Wildman–Crippen MR) is 90.1 cm³/mol. The van der Waals surface area contributed by atoms with Crippen LogP contribution in [0.3, 0.4) is 0 Å². The monoisotopic (exact) mass is 349 g/mol. The van der Waals surface area contributed by atoms with E-state index in [0.717, 1.165) is 23.0 Å². The summed E-state index contributed by atoms with van der Waals surface area (Å²) >= 11 is 3.32. The Balaban J connectivity index is 2.41. The van der Waals surface area contributed by atoms with Gasteiger partial charge in [0.2, 0.25) is 0 Å². The van der Waals surface area contributed by atoms with E-state index < -0.39 is 0 Å². The van der Waals surface area contributed by atoms with Gasteiger partial charge in [0.05, 0.1) is 0 Å². The summed E-state index contributed by atoms with van der Waals surface area (Å²) in [5, 5.41) is 3.28. The molecule has 2 aromatic carbocycles. The van der Waals surface area contributed by atoms with Gasteiger partial charge in [-0.3, -0.25) is 0 Å².